The first-order valence-electron chi connectivity index (χ1n) is 9.18. The zero-order chi connectivity index (χ0) is 21.8. The number of rotatable bonds is 6. The number of ether oxygens (including phenoxy) is 1. The molecule has 4 aromatic rings. The fourth-order valence-corrected chi connectivity index (χ4v) is 3.91. The van der Waals surface area contributed by atoms with Crippen LogP contribution in [-0.4, -0.2) is 12.1 Å². The van der Waals surface area contributed by atoms with Crippen molar-refractivity contribution in [3.8, 4) is 5.75 Å². The number of hydrogen-bond acceptors (Lipinski definition) is 4. The summed E-state index contributed by atoms with van der Waals surface area (Å²) in [5.41, 5.74) is 4.35. The number of nitrogens with zero attached hydrogens (tertiary/aromatic N) is 1. The maximum atomic E-state index is 13.7. The van der Waals surface area contributed by atoms with Gasteiger partial charge in [0, 0.05) is 15.4 Å². The second kappa shape index (κ2) is 9.61. The van der Waals surface area contributed by atoms with Gasteiger partial charge in [0.15, 0.2) is 5.76 Å². The van der Waals surface area contributed by atoms with Crippen molar-refractivity contribution in [2.24, 2.45) is 5.10 Å². The van der Waals surface area contributed by atoms with Crippen LogP contribution in [0.5, 0.6) is 5.75 Å². The number of hydrazone groups is 1. The molecule has 4 rings (SSSR count). The molecule has 8 heteroatoms. The monoisotopic (exact) mass is 592 g/mol. The molecular formula is C23H15BrFIN2O3. The number of carbonyl (C=O) groups is 1. The molecule has 31 heavy (non-hydrogen) atoms. The first-order valence-corrected chi connectivity index (χ1v) is 11.0. The summed E-state index contributed by atoms with van der Waals surface area (Å²) >= 11 is 5.53. The topological polar surface area (TPSA) is 63.8 Å². The number of halogens is 3. The van der Waals surface area contributed by atoms with E-state index in [4.69, 9.17) is 9.15 Å². The molecule has 1 aromatic heterocycles. The number of carbonyl (C=O) groups excluding carboxylic acids is 1. The van der Waals surface area contributed by atoms with E-state index in [1.165, 1.54) is 12.3 Å². The Morgan fingerprint density at radius 3 is 2.81 bits per heavy atom. The molecule has 3 aromatic carbocycles. The Bertz CT molecular complexity index is 1290. The second-order valence-electron chi connectivity index (χ2n) is 6.56. The normalized spacial score (nSPS) is 11.2. The molecule has 156 valence electrons. The van der Waals surface area contributed by atoms with Gasteiger partial charge in [0.2, 0.25) is 0 Å². The molecule has 0 aliphatic carbocycles. The highest BCUT2D eigenvalue weighted by Crippen LogP contribution is 2.24. The van der Waals surface area contributed by atoms with E-state index in [9.17, 15) is 9.18 Å². The van der Waals surface area contributed by atoms with Gasteiger partial charge in [-0.3, -0.25) is 4.79 Å². The molecule has 0 saturated carbocycles. The lowest BCUT2D eigenvalue weighted by Crippen LogP contribution is -2.16. The van der Waals surface area contributed by atoms with E-state index in [0.29, 0.717) is 16.9 Å². The number of benzene rings is 3. The number of nitrogens with one attached hydrogen (secondary N) is 1. The van der Waals surface area contributed by atoms with Crippen molar-refractivity contribution in [1.82, 2.24) is 5.43 Å². The van der Waals surface area contributed by atoms with Crippen LogP contribution in [0.3, 0.4) is 0 Å². The molecule has 5 nitrogen and oxygen atoms in total. The zero-order valence-electron chi connectivity index (χ0n) is 15.9. The van der Waals surface area contributed by atoms with Gasteiger partial charge >= 0.3 is 5.91 Å². The van der Waals surface area contributed by atoms with Gasteiger partial charge in [0.1, 0.15) is 23.8 Å². The van der Waals surface area contributed by atoms with Crippen LogP contribution in [0.15, 0.2) is 80.7 Å². The quantitative estimate of drug-likeness (QED) is 0.163. The second-order valence-corrected chi connectivity index (χ2v) is 8.64. The van der Waals surface area contributed by atoms with E-state index >= 15 is 0 Å². The SMILES string of the molecule is O=C(N/N=C/c1ccc(OCc2ccccc2F)c(I)c1)c1cc2cc(Br)ccc2o1. The summed E-state index contributed by atoms with van der Waals surface area (Å²) in [6.45, 7) is 0.139. The van der Waals surface area contributed by atoms with Gasteiger partial charge in [-0.1, -0.05) is 34.1 Å². The Hall–Kier alpha value is -2.72. The van der Waals surface area contributed by atoms with Gasteiger partial charge in [0.25, 0.3) is 0 Å². The molecule has 0 spiro atoms. The Labute approximate surface area is 199 Å². The third-order valence-electron chi connectivity index (χ3n) is 4.38. The van der Waals surface area contributed by atoms with Crippen LogP contribution >= 0.6 is 38.5 Å². The molecular weight excluding hydrogens is 578 g/mol. The average molecular weight is 593 g/mol. The summed E-state index contributed by atoms with van der Waals surface area (Å²) in [5, 5.41) is 4.82. The molecule has 0 aliphatic rings. The van der Waals surface area contributed by atoms with Crippen molar-refractivity contribution in [2.45, 2.75) is 6.61 Å². The minimum Gasteiger partial charge on any atom is -0.488 e. The van der Waals surface area contributed by atoms with Gasteiger partial charge < -0.3 is 9.15 Å². The summed E-state index contributed by atoms with van der Waals surface area (Å²) in [6.07, 6.45) is 1.53. The fourth-order valence-electron chi connectivity index (χ4n) is 2.83. The maximum absolute atomic E-state index is 13.7. The molecule has 0 radical (unpaired) electrons. The Morgan fingerprint density at radius 1 is 1.16 bits per heavy atom. The van der Waals surface area contributed by atoms with E-state index in [0.717, 1.165) is 19.0 Å². The Kier molecular flexibility index (Phi) is 6.67. The largest absolute Gasteiger partial charge is 0.488 e. The molecule has 0 fully saturated rings. The first kappa shape index (κ1) is 21.5. The van der Waals surface area contributed by atoms with Crippen LogP contribution in [0.1, 0.15) is 21.7 Å². The lowest BCUT2D eigenvalue weighted by molar-refractivity contribution is 0.0929. The molecule has 0 aliphatic heterocycles. The standard InChI is InChI=1S/C23H15BrFIN2O3/c24-17-6-8-20-16(10-17)11-22(31-20)23(29)28-27-12-14-5-7-21(19(26)9-14)30-13-15-3-1-2-4-18(15)25/h1-12H,13H2,(H,28,29)/b27-12+. The summed E-state index contributed by atoms with van der Waals surface area (Å²) in [5.74, 6) is 0.0763. The van der Waals surface area contributed by atoms with Gasteiger partial charge in [-0.15, -0.1) is 0 Å². The van der Waals surface area contributed by atoms with Crippen LogP contribution in [0.2, 0.25) is 0 Å². The maximum Gasteiger partial charge on any atom is 0.307 e. The smallest absolute Gasteiger partial charge is 0.307 e. The highest BCUT2D eigenvalue weighted by atomic mass is 127. The predicted molar refractivity (Wildman–Crippen MR) is 129 cm³/mol. The third-order valence-corrected chi connectivity index (χ3v) is 5.72. The fraction of sp³-hybridized carbons (Fsp3) is 0.0435. The van der Waals surface area contributed by atoms with Crippen molar-refractivity contribution >= 4 is 61.6 Å². The minimum absolute atomic E-state index is 0.139. The summed E-state index contributed by atoms with van der Waals surface area (Å²) < 4.78 is 26.7. The van der Waals surface area contributed by atoms with E-state index < -0.39 is 5.91 Å². The van der Waals surface area contributed by atoms with Gasteiger partial charge in [-0.2, -0.15) is 5.10 Å². The number of furan rings is 1. The molecule has 0 bridgehead atoms. The molecule has 0 unspecified atom stereocenters. The molecule has 1 amide bonds. The number of hydrogen-bond donors (Lipinski definition) is 1. The van der Waals surface area contributed by atoms with E-state index in [1.807, 2.05) is 18.2 Å². The van der Waals surface area contributed by atoms with Crippen molar-refractivity contribution < 1.29 is 18.3 Å². The van der Waals surface area contributed by atoms with E-state index in [1.54, 1.807) is 42.5 Å². The highest BCUT2D eigenvalue weighted by molar-refractivity contribution is 14.1. The van der Waals surface area contributed by atoms with Crippen LogP contribution < -0.4 is 10.2 Å². The summed E-state index contributed by atoms with van der Waals surface area (Å²) in [7, 11) is 0. The van der Waals surface area contributed by atoms with Crippen LogP contribution in [0.4, 0.5) is 4.39 Å². The number of amides is 1. The zero-order valence-corrected chi connectivity index (χ0v) is 19.7. The van der Waals surface area contributed by atoms with Crippen molar-refractivity contribution in [3.63, 3.8) is 0 Å². The number of fused-ring (bicyclic) bond motifs is 1. The van der Waals surface area contributed by atoms with E-state index in [-0.39, 0.29) is 18.2 Å². The van der Waals surface area contributed by atoms with Crippen molar-refractivity contribution in [2.75, 3.05) is 0 Å². The third kappa shape index (κ3) is 5.31. The molecule has 1 heterocycles. The molecule has 0 saturated heterocycles. The predicted octanol–water partition coefficient (Wildman–Crippen LogP) is 6.28. The van der Waals surface area contributed by atoms with Crippen LogP contribution in [0.25, 0.3) is 11.0 Å². The summed E-state index contributed by atoms with van der Waals surface area (Å²) in [6, 6.07) is 19.1. The Balaban J connectivity index is 1.37. The van der Waals surface area contributed by atoms with Crippen molar-refractivity contribution in [1.29, 1.82) is 0 Å². The highest BCUT2D eigenvalue weighted by Gasteiger charge is 2.12. The van der Waals surface area contributed by atoms with Crippen molar-refractivity contribution in [3.05, 3.63) is 97.5 Å². The lowest BCUT2D eigenvalue weighted by atomic mass is 10.2. The van der Waals surface area contributed by atoms with Gasteiger partial charge in [0.05, 0.1) is 9.78 Å². The minimum atomic E-state index is -0.442. The van der Waals surface area contributed by atoms with Gasteiger partial charge in [-0.25, -0.2) is 9.82 Å². The molecule has 1 N–H and O–H groups in total. The lowest BCUT2D eigenvalue weighted by Gasteiger charge is -2.09. The van der Waals surface area contributed by atoms with Crippen LogP contribution in [-0.2, 0) is 6.61 Å². The van der Waals surface area contributed by atoms with E-state index in [2.05, 4.69) is 49.0 Å². The molecule has 0 atom stereocenters. The van der Waals surface area contributed by atoms with Gasteiger partial charge in [-0.05, 0) is 76.7 Å². The average Bonchev–Trinajstić information content (AvgIpc) is 3.17. The summed E-state index contributed by atoms with van der Waals surface area (Å²) in [4.78, 5) is 12.3. The first-order chi connectivity index (χ1) is 15.0. The van der Waals surface area contributed by atoms with Crippen LogP contribution in [0, 0.1) is 9.39 Å². The Morgan fingerprint density at radius 2 is 2.00 bits per heavy atom.